The highest BCUT2D eigenvalue weighted by Gasteiger charge is 2.26. The smallest absolute Gasteiger partial charge is 0.118 e. The van der Waals surface area contributed by atoms with Gasteiger partial charge in [0.05, 0.1) is 6.10 Å². The first-order valence-corrected chi connectivity index (χ1v) is 3.28. The largest absolute Gasteiger partial charge is 0.393 e. The number of aliphatic hydroxyl groups is 1. The monoisotopic (exact) mass is 133 g/mol. The average Bonchev–Trinajstić information content (AvgIpc) is 1.80. The second-order valence-corrected chi connectivity index (χ2v) is 2.65. The predicted molar refractivity (Wildman–Crippen MR) is 32.7 cm³/mol. The molecule has 0 aromatic heterocycles. The summed E-state index contributed by atoms with van der Waals surface area (Å²) in [4.78, 5) is 0. The standard InChI is InChI=1S/C6H12FNO/c7-5-3-4(9)1-2-6(5)8/h4-6,9H,1-3,8H2. The zero-order valence-corrected chi connectivity index (χ0v) is 5.26. The Kier molecular flexibility index (Phi) is 2.03. The minimum atomic E-state index is -0.992. The van der Waals surface area contributed by atoms with E-state index in [9.17, 15) is 4.39 Å². The fourth-order valence-corrected chi connectivity index (χ4v) is 1.12. The maximum atomic E-state index is 12.5. The number of alkyl halides is 1. The molecule has 3 atom stereocenters. The van der Waals surface area contributed by atoms with Crippen molar-refractivity contribution in [2.45, 2.75) is 37.6 Å². The molecule has 3 N–H and O–H groups in total. The summed E-state index contributed by atoms with van der Waals surface area (Å²) in [7, 11) is 0. The van der Waals surface area contributed by atoms with Crippen molar-refractivity contribution < 1.29 is 9.50 Å². The van der Waals surface area contributed by atoms with Crippen molar-refractivity contribution in [3.8, 4) is 0 Å². The van der Waals surface area contributed by atoms with Crippen LogP contribution in [-0.2, 0) is 0 Å². The lowest BCUT2D eigenvalue weighted by atomic mass is 9.92. The molecule has 0 aliphatic heterocycles. The fraction of sp³-hybridized carbons (Fsp3) is 1.00. The number of hydrogen-bond acceptors (Lipinski definition) is 2. The molecule has 0 heterocycles. The molecule has 1 aliphatic carbocycles. The van der Waals surface area contributed by atoms with E-state index in [-0.39, 0.29) is 12.5 Å². The van der Waals surface area contributed by atoms with Gasteiger partial charge in [0.15, 0.2) is 0 Å². The average molecular weight is 133 g/mol. The first-order valence-electron chi connectivity index (χ1n) is 3.28. The van der Waals surface area contributed by atoms with E-state index in [4.69, 9.17) is 10.8 Å². The van der Waals surface area contributed by atoms with Crippen LogP contribution >= 0.6 is 0 Å². The second kappa shape index (κ2) is 2.62. The summed E-state index contributed by atoms with van der Waals surface area (Å²) in [6.07, 6.45) is 0.0407. The fourth-order valence-electron chi connectivity index (χ4n) is 1.12. The molecule has 3 unspecified atom stereocenters. The maximum Gasteiger partial charge on any atom is 0.118 e. The molecule has 2 nitrogen and oxygen atoms in total. The van der Waals surface area contributed by atoms with Crippen LogP contribution in [0.2, 0.25) is 0 Å². The predicted octanol–water partition coefficient (Wildman–Crippen LogP) is 0.197. The molecule has 0 spiro atoms. The minimum Gasteiger partial charge on any atom is -0.393 e. The van der Waals surface area contributed by atoms with Crippen LogP contribution in [0.5, 0.6) is 0 Å². The van der Waals surface area contributed by atoms with E-state index in [0.29, 0.717) is 12.8 Å². The van der Waals surface area contributed by atoms with Gasteiger partial charge in [0, 0.05) is 12.5 Å². The highest BCUT2D eigenvalue weighted by Crippen LogP contribution is 2.19. The van der Waals surface area contributed by atoms with Gasteiger partial charge in [0.1, 0.15) is 6.17 Å². The van der Waals surface area contributed by atoms with Crippen molar-refractivity contribution >= 4 is 0 Å². The number of aliphatic hydroxyl groups excluding tert-OH is 1. The third kappa shape index (κ3) is 1.63. The summed E-state index contributed by atoms with van der Waals surface area (Å²) in [6, 6.07) is -0.339. The van der Waals surface area contributed by atoms with Gasteiger partial charge < -0.3 is 10.8 Å². The van der Waals surface area contributed by atoms with Crippen molar-refractivity contribution in [1.29, 1.82) is 0 Å². The van der Waals surface area contributed by atoms with E-state index in [0.717, 1.165) is 0 Å². The summed E-state index contributed by atoms with van der Waals surface area (Å²) >= 11 is 0. The van der Waals surface area contributed by atoms with Crippen LogP contribution in [0.1, 0.15) is 19.3 Å². The topological polar surface area (TPSA) is 46.2 Å². The van der Waals surface area contributed by atoms with Gasteiger partial charge in [-0.05, 0) is 12.8 Å². The van der Waals surface area contributed by atoms with Crippen molar-refractivity contribution in [3.63, 3.8) is 0 Å². The molecule has 54 valence electrons. The molecular weight excluding hydrogens is 121 g/mol. The lowest BCUT2D eigenvalue weighted by Crippen LogP contribution is -2.39. The molecule has 0 bridgehead atoms. The summed E-state index contributed by atoms with van der Waals surface area (Å²) in [6.45, 7) is 0. The van der Waals surface area contributed by atoms with Crippen molar-refractivity contribution in [1.82, 2.24) is 0 Å². The first kappa shape index (κ1) is 6.96. The van der Waals surface area contributed by atoms with E-state index in [1.165, 1.54) is 0 Å². The van der Waals surface area contributed by atoms with Crippen molar-refractivity contribution in [3.05, 3.63) is 0 Å². The van der Waals surface area contributed by atoms with Gasteiger partial charge in [-0.3, -0.25) is 0 Å². The maximum absolute atomic E-state index is 12.5. The number of nitrogens with two attached hydrogens (primary N) is 1. The highest BCUT2D eigenvalue weighted by molar-refractivity contribution is 4.81. The van der Waals surface area contributed by atoms with E-state index in [1.807, 2.05) is 0 Å². The van der Waals surface area contributed by atoms with Gasteiger partial charge in [0.2, 0.25) is 0 Å². The Morgan fingerprint density at radius 1 is 1.44 bits per heavy atom. The van der Waals surface area contributed by atoms with Gasteiger partial charge in [-0.15, -0.1) is 0 Å². The van der Waals surface area contributed by atoms with Crippen LogP contribution in [0.3, 0.4) is 0 Å². The molecule has 1 saturated carbocycles. The molecule has 1 fully saturated rings. The minimum absolute atomic E-state index is 0.223. The SMILES string of the molecule is NC1CCC(O)CC1F. The zero-order valence-electron chi connectivity index (χ0n) is 5.26. The highest BCUT2D eigenvalue weighted by atomic mass is 19.1. The summed E-state index contributed by atoms with van der Waals surface area (Å²) in [5.74, 6) is 0. The molecule has 0 radical (unpaired) electrons. The van der Waals surface area contributed by atoms with E-state index < -0.39 is 12.3 Å². The zero-order chi connectivity index (χ0) is 6.85. The van der Waals surface area contributed by atoms with E-state index >= 15 is 0 Å². The lowest BCUT2D eigenvalue weighted by molar-refractivity contribution is 0.0721. The molecule has 0 aromatic carbocycles. The number of hydrogen-bond donors (Lipinski definition) is 2. The van der Waals surface area contributed by atoms with Crippen molar-refractivity contribution in [2.24, 2.45) is 5.73 Å². The molecule has 9 heavy (non-hydrogen) atoms. The third-order valence-electron chi connectivity index (χ3n) is 1.80. The van der Waals surface area contributed by atoms with Crippen LogP contribution in [0.25, 0.3) is 0 Å². The van der Waals surface area contributed by atoms with Crippen LogP contribution in [0.4, 0.5) is 4.39 Å². The molecule has 0 amide bonds. The van der Waals surface area contributed by atoms with Crippen LogP contribution in [0, 0.1) is 0 Å². The van der Waals surface area contributed by atoms with Crippen LogP contribution in [-0.4, -0.2) is 23.4 Å². The Balaban J connectivity index is 2.35. The molecule has 0 saturated heterocycles. The molecule has 1 rings (SSSR count). The quantitative estimate of drug-likeness (QED) is 0.495. The summed E-state index contributed by atoms with van der Waals surface area (Å²) in [5.41, 5.74) is 5.35. The Bertz CT molecular complexity index is 99.1. The van der Waals surface area contributed by atoms with Crippen molar-refractivity contribution in [2.75, 3.05) is 0 Å². The molecule has 0 aromatic rings. The van der Waals surface area contributed by atoms with Gasteiger partial charge >= 0.3 is 0 Å². The Labute approximate surface area is 53.9 Å². The number of halogens is 1. The Morgan fingerprint density at radius 3 is 2.56 bits per heavy atom. The first-order chi connectivity index (χ1) is 4.20. The van der Waals surface area contributed by atoms with Gasteiger partial charge in [-0.2, -0.15) is 0 Å². The van der Waals surface area contributed by atoms with E-state index in [1.54, 1.807) is 0 Å². The molecule has 3 heteroatoms. The molecular formula is C6H12FNO. The van der Waals surface area contributed by atoms with E-state index in [2.05, 4.69) is 0 Å². The summed E-state index contributed by atoms with van der Waals surface area (Å²) in [5, 5.41) is 8.90. The van der Waals surface area contributed by atoms with Crippen LogP contribution in [0.15, 0.2) is 0 Å². The second-order valence-electron chi connectivity index (χ2n) is 2.65. The van der Waals surface area contributed by atoms with Gasteiger partial charge in [-0.1, -0.05) is 0 Å². The van der Waals surface area contributed by atoms with Gasteiger partial charge in [-0.25, -0.2) is 4.39 Å². The van der Waals surface area contributed by atoms with Gasteiger partial charge in [0.25, 0.3) is 0 Å². The summed E-state index contributed by atoms with van der Waals surface area (Å²) < 4.78 is 12.5. The Hall–Kier alpha value is -0.150. The Morgan fingerprint density at radius 2 is 2.11 bits per heavy atom. The molecule has 1 aliphatic rings. The lowest BCUT2D eigenvalue weighted by Gasteiger charge is -2.25. The normalized spacial score (nSPS) is 45.0. The number of rotatable bonds is 0. The van der Waals surface area contributed by atoms with Crippen LogP contribution < -0.4 is 5.73 Å². The third-order valence-corrected chi connectivity index (χ3v) is 1.80.